The number of amides is 2. The molecule has 1 atom stereocenters. The van der Waals surface area contributed by atoms with Gasteiger partial charge in [-0.05, 0) is 98.9 Å². The molecule has 1 N–H and O–H groups in total. The molecule has 172 valence electrons. The molecule has 1 saturated heterocycles. The average molecular weight is 464 g/mol. The van der Waals surface area contributed by atoms with Gasteiger partial charge >= 0.3 is 0 Å². The molecule has 2 aliphatic heterocycles. The third-order valence-corrected chi connectivity index (χ3v) is 6.76. The van der Waals surface area contributed by atoms with Crippen molar-refractivity contribution in [1.29, 1.82) is 0 Å². The van der Waals surface area contributed by atoms with Crippen LogP contribution in [0.5, 0.6) is 5.75 Å². The number of anilines is 2. The molecule has 4 rings (SSSR count). The van der Waals surface area contributed by atoms with Crippen LogP contribution in [-0.2, 0) is 9.59 Å². The van der Waals surface area contributed by atoms with Crippen LogP contribution in [-0.4, -0.2) is 36.1 Å². The molecule has 2 aromatic rings. The molecular formula is C26H29N3O3S. The summed E-state index contributed by atoms with van der Waals surface area (Å²) in [6, 6.07) is 13.2. The molecule has 33 heavy (non-hydrogen) atoms. The van der Waals surface area contributed by atoms with E-state index >= 15 is 0 Å². The van der Waals surface area contributed by atoms with Crippen molar-refractivity contribution < 1.29 is 14.3 Å². The van der Waals surface area contributed by atoms with Gasteiger partial charge in [0.2, 0.25) is 0 Å². The van der Waals surface area contributed by atoms with Crippen LogP contribution in [0.15, 0.2) is 48.0 Å². The van der Waals surface area contributed by atoms with Crippen molar-refractivity contribution in [2.24, 2.45) is 0 Å². The molecule has 2 amide bonds. The number of carbonyl (C=O) groups is 2. The first-order valence-corrected chi connectivity index (χ1v) is 11.6. The van der Waals surface area contributed by atoms with Crippen molar-refractivity contribution in [3.63, 3.8) is 0 Å². The van der Waals surface area contributed by atoms with Crippen LogP contribution in [0, 0.1) is 0 Å². The van der Waals surface area contributed by atoms with Crippen molar-refractivity contribution in [3.8, 4) is 5.75 Å². The van der Waals surface area contributed by atoms with Crippen molar-refractivity contribution >= 4 is 46.6 Å². The van der Waals surface area contributed by atoms with E-state index in [0.717, 1.165) is 12.0 Å². The summed E-state index contributed by atoms with van der Waals surface area (Å²) in [5, 5.41) is 2.71. The van der Waals surface area contributed by atoms with E-state index in [2.05, 4.69) is 50.2 Å². The van der Waals surface area contributed by atoms with Crippen molar-refractivity contribution in [2.45, 2.75) is 45.6 Å². The highest BCUT2D eigenvalue weighted by atomic mass is 32.1. The molecule has 0 bridgehead atoms. The highest BCUT2D eigenvalue weighted by molar-refractivity contribution is 7.80. The molecule has 0 radical (unpaired) electrons. The number of nitrogens with one attached hydrogen (secondary N) is 1. The van der Waals surface area contributed by atoms with Crippen LogP contribution < -0.4 is 19.9 Å². The lowest BCUT2D eigenvalue weighted by Crippen LogP contribution is -2.54. The fourth-order valence-electron chi connectivity index (χ4n) is 4.60. The number of thiocarbonyl (C=S) groups is 1. The molecule has 0 aliphatic carbocycles. The molecule has 7 heteroatoms. The third-order valence-electron chi connectivity index (χ3n) is 6.48. The maximum Gasteiger partial charge on any atom is 0.270 e. The number of nitrogens with zero attached hydrogens (tertiary/aromatic N) is 2. The van der Waals surface area contributed by atoms with Gasteiger partial charge in [0.15, 0.2) is 5.11 Å². The van der Waals surface area contributed by atoms with Gasteiger partial charge < -0.3 is 9.64 Å². The summed E-state index contributed by atoms with van der Waals surface area (Å²) in [4.78, 5) is 29.6. The number of hydrogen-bond donors (Lipinski definition) is 1. The van der Waals surface area contributed by atoms with E-state index < -0.39 is 11.8 Å². The molecule has 0 saturated carbocycles. The van der Waals surface area contributed by atoms with E-state index in [-0.39, 0.29) is 16.2 Å². The van der Waals surface area contributed by atoms with Gasteiger partial charge in [-0.2, -0.15) is 0 Å². The first kappa shape index (κ1) is 23.0. The second-order valence-corrected chi connectivity index (χ2v) is 9.57. The molecule has 1 unspecified atom stereocenters. The summed E-state index contributed by atoms with van der Waals surface area (Å²) in [5.74, 6) is 0.134. The summed E-state index contributed by atoms with van der Waals surface area (Å²) >= 11 is 5.30. The van der Waals surface area contributed by atoms with Crippen LogP contribution in [0.25, 0.3) is 6.08 Å². The number of hydrogen-bond acceptors (Lipinski definition) is 5. The van der Waals surface area contributed by atoms with Gasteiger partial charge in [-0.25, -0.2) is 0 Å². The molecule has 2 aliphatic rings. The quantitative estimate of drug-likeness (QED) is 0.407. The van der Waals surface area contributed by atoms with Gasteiger partial charge in [-0.1, -0.05) is 13.0 Å². The lowest BCUT2D eigenvalue weighted by atomic mass is 9.80. The molecule has 2 aromatic carbocycles. The summed E-state index contributed by atoms with van der Waals surface area (Å²) < 4.78 is 5.47. The predicted octanol–water partition coefficient (Wildman–Crippen LogP) is 4.64. The highest BCUT2D eigenvalue weighted by Crippen LogP contribution is 2.42. The van der Waals surface area contributed by atoms with Crippen LogP contribution in [0.2, 0.25) is 0 Å². The summed E-state index contributed by atoms with van der Waals surface area (Å²) in [6.07, 6.45) is 2.67. The zero-order valence-corrected chi connectivity index (χ0v) is 20.5. The number of fused-ring (bicyclic) bond motifs is 1. The summed E-state index contributed by atoms with van der Waals surface area (Å²) in [5.41, 5.74) is 3.90. The Labute approximate surface area is 200 Å². The molecule has 0 spiro atoms. The Morgan fingerprint density at radius 1 is 1.18 bits per heavy atom. The highest BCUT2D eigenvalue weighted by Gasteiger charge is 2.36. The average Bonchev–Trinajstić information content (AvgIpc) is 2.76. The maximum atomic E-state index is 13.3. The Hall–Kier alpha value is -3.19. The van der Waals surface area contributed by atoms with E-state index in [9.17, 15) is 9.59 Å². The van der Waals surface area contributed by atoms with Crippen LogP contribution >= 0.6 is 12.2 Å². The second kappa shape index (κ2) is 8.63. The third kappa shape index (κ3) is 4.25. The van der Waals surface area contributed by atoms with Gasteiger partial charge in [0, 0.05) is 18.3 Å². The van der Waals surface area contributed by atoms with E-state index in [0.29, 0.717) is 24.0 Å². The van der Waals surface area contributed by atoms with Crippen LogP contribution in [0.4, 0.5) is 11.4 Å². The lowest BCUT2D eigenvalue weighted by Gasteiger charge is -2.45. The second-order valence-electron chi connectivity index (χ2n) is 9.18. The van der Waals surface area contributed by atoms with Crippen LogP contribution in [0.1, 0.15) is 51.2 Å². The Bertz CT molecular complexity index is 1150. The zero-order chi connectivity index (χ0) is 23.9. The van der Waals surface area contributed by atoms with Crippen molar-refractivity contribution in [3.05, 3.63) is 59.2 Å². The fourth-order valence-corrected chi connectivity index (χ4v) is 4.88. The Morgan fingerprint density at radius 3 is 2.55 bits per heavy atom. The van der Waals surface area contributed by atoms with Crippen molar-refractivity contribution in [2.75, 3.05) is 23.5 Å². The van der Waals surface area contributed by atoms with E-state index in [1.807, 2.05) is 13.0 Å². The minimum absolute atomic E-state index is 0.0505. The Morgan fingerprint density at radius 2 is 1.88 bits per heavy atom. The molecular weight excluding hydrogens is 434 g/mol. The van der Waals surface area contributed by atoms with Gasteiger partial charge in [0.25, 0.3) is 11.8 Å². The first-order valence-electron chi connectivity index (χ1n) is 11.1. The molecule has 6 nitrogen and oxygen atoms in total. The number of benzene rings is 2. The van der Waals surface area contributed by atoms with Crippen LogP contribution in [0.3, 0.4) is 0 Å². The minimum Gasteiger partial charge on any atom is -0.494 e. The minimum atomic E-state index is -0.490. The number of ether oxygens (including phenoxy) is 1. The summed E-state index contributed by atoms with van der Waals surface area (Å²) in [6.45, 7) is 9.16. The fraction of sp³-hybridized carbons (Fsp3) is 0.346. The van der Waals surface area contributed by atoms with E-state index in [4.69, 9.17) is 17.0 Å². The predicted molar refractivity (Wildman–Crippen MR) is 136 cm³/mol. The Balaban J connectivity index is 1.68. The van der Waals surface area contributed by atoms with E-state index in [1.165, 1.54) is 16.2 Å². The number of rotatable bonds is 4. The zero-order valence-electron chi connectivity index (χ0n) is 19.6. The normalized spacial score (nSPS) is 21.2. The monoisotopic (exact) mass is 463 g/mol. The van der Waals surface area contributed by atoms with Crippen molar-refractivity contribution in [1.82, 2.24) is 5.32 Å². The maximum absolute atomic E-state index is 13.3. The van der Waals surface area contributed by atoms with Gasteiger partial charge in [0.05, 0.1) is 12.3 Å². The summed E-state index contributed by atoms with van der Waals surface area (Å²) in [7, 11) is 2.11. The molecule has 1 fully saturated rings. The molecule has 0 aromatic heterocycles. The lowest BCUT2D eigenvalue weighted by molar-refractivity contribution is -0.122. The first-order chi connectivity index (χ1) is 15.6. The van der Waals surface area contributed by atoms with Gasteiger partial charge in [-0.3, -0.25) is 19.8 Å². The largest absolute Gasteiger partial charge is 0.494 e. The standard InChI is InChI=1S/C26H29N3O3S/c1-6-32-19-10-8-18(9-11-19)29-24(31)21(23(30)27-25(29)33)14-17-7-12-22-20(13-17)16(2)15-26(3,4)28(22)5/h7-14,16H,6,15H2,1-5H3,(H,27,30,33)/b21-14+. The SMILES string of the molecule is CCOc1ccc(N2C(=O)/C(=C/c3ccc4c(c3)C(C)CC(C)(C)N4C)C(=O)NC2=S)cc1. The number of carbonyl (C=O) groups excluding carboxylic acids is 2. The Kier molecular flexibility index (Phi) is 6.01. The smallest absolute Gasteiger partial charge is 0.270 e. The van der Waals surface area contributed by atoms with E-state index in [1.54, 1.807) is 30.3 Å². The van der Waals surface area contributed by atoms with Gasteiger partial charge in [0.1, 0.15) is 11.3 Å². The molecule has 2 heterocycles. The topological polar surface area (TPSA) is 61.9 Å². The van der Waals surface area contributed by atoms with Gasteiger partial charge in [-0.15, -0.1) is 0 Å².